The number of fused-ring (bicyclic) bond motifs is 1. The maximum absolute atomic E-state index is 11.9. The van der Waals surface area contributed by atoms with Gasteiger partial charge in [0.15, 0.2) is 11.1 Å². The van der Waals surface area contributed by atoms with Crippen molar-refractivity contribution in [3.63, 3.8) is 0 Å². The van der Waals surface area contributed by atoms with Crippen molar-refractivity contribution in [1.29, 1.82) is 5.41 Å². The van der Waals surface area contributed by atoms with Crippen molar-refractivity contribution in [1.82, 2.24) is 19.5 Å². The van der Waals surface area contributed by atoms with Gasteiger partial charge in [-0.15, -0.1) is 0 Å². The fraction of sp³-hybridized carbons (Fsp3) is 0.300. The first-order valence-corrected chi connectivity index (χ1v) is 9.07. The Labute approximate surface area is 160 Å². The number of allylic oxidation sites excluding steroid dienone is 2. The molecular weight excluding hydrogens is 358 g/mol. The highest BCUT2D eigenvalue weighted by molar-refractivity contribution is 5.68. The molecule has 0 unspecified atom stereocenters. The molecule has 144 valence electrons. The summed E-state index contributed by atoms with van der Waals surface area (Å²) in [5, 5.41) is 7.83. The Morgan fingerprint density at radius 2 is 2.25 bits per heavy atom. The molecule has 28 heavy (non-hydrogen) atoms. The number of rotatable bonds is 4. The molecule has 1 aliphatic heterocycles. The van der Waals surface area contributed by atoms with E-state index >= 15 is 0 Å². The molecule has 3 aromatic heterocycles. The van der Waals surface area contributed by atoms with Crippen LogP contribution in [0.2, 0.25) is 0 Å². The van der Waals surface area contributed by atoms with Crippen LogP contribution in [-0.4, -0.2) is 26.1 Å². The molecule has 8 heteroatoms. The van der Waals surface area contributed by atoms with Crippen LogP contribution < -0.4 is 11.1 Å². The van der Waals surface area contributed by atoms with Gasteiger partial charge >= 0.3 is 5.63 Å². The monoisotopic (exact) mass is 379 g/mol. The maximum atomic E-state index is 11.9. The molecule has 0 saturated heterocycles. The van der Waals surface area contributed by atoms with Crippen molar-refractivity contribution >= 4 is 17.2 Å². The highest BCUT2D eigenvalue weighted by atomic mass is 16.5. The lowest BCUT2D eigenvalue weighted by molar-refractivity contribution is 0.186. The van der Waals surface area contributed by atoms with Crippen LogP contribution in [0.1, 0.15) is 24.7 Å². The van der Waals surface area contributed by atoms with E-state index in [0.29, 0.717) is 35.6 Å². The van der Waals surface area contributed by atoms with Gasteiger partial charge in [0.2, 0.25) is 0 Å². The Morgan fingerprint density at radius 1 is 1.39 bits per heavy atom. The zero-order valence-electron chi connectivity index (χ0n) is 15.7. The van der Waals surface area contributed by atoms with Gasteiger partial charge in [-0.2, -0.15) is 0 Å². The van der Waals surface area contributed by atoms with Crippen molar-refractivity contribution in [3.05, 3.63) is 69.4 Å². The number of nitrogens with one attached hydrogen (secondary N) is 2. The van der Waals surface area contributed by atoms with E-state index in [2.05, 4.69) is 21.9 Å². The number of aryl methyl sites for hydroxylation is 1. The molecule has 0 aliphatic carbocycles. The highest BCUT2D eigenvalue weighted by Gasteiger charge is 2.17. The summed E-state index contributed by atoms with van der Waals surface area (Å²) in [6, 6.07) is 3.55. The van der Waals surface area contributed by atoms with E-state index in [1.54, 1.807) is 31.7 Å². The minimum absolute atomic E-state index is 0.120. The molecule has 0 amide bonds. The molecule has 4 rings (SSSR count). The van der Waals surface area contributed by atoms with E-state index in [4.69, 9.17) is 14.6 Å². The van der Waals surface area contributed by atoms with Crippen LogP contribution in [0.25, 0.3) is 17.2 Å². The van der Waals surface area contributed by atoms with Gasteiger partial charge in [0.25, 0.3) is 0 Å². The standard InChI is InChI=1S/C20H21N5O3/c1-12(8-25-11-24-18(21)17-19(25)23-10-22-17)16-6-4-14(9-27-16)7-15-5-3-13(2)28-20(15)26/h3,5-7,10-12,21H,4,8-9H2,1-2H3,(H,22,23)/t12-/m1/s1. The van der Waals surface area contributed by atoms with Gasteiger partial charge in [0.05, 0.1) is 24.0 Å². The van der Waals surface area contributed by atoms with Gasteiger partial charge in [-0.1, -0.05) is 6.92 Å². The van der Waals surface area contributed by atoms with Gasteiger partial charge < -0.3 is 18.7 Å². The minimum Gasteiger partial charge on any atom is -0.494 e. The first-order valence-electron chi connectivity index (χ1n) is 9.07. The lowest BCUT2D eigenvalue weighted by atomic mass is 10.0. The molecule has 0 radical (unpaired) electrons. The fourth-order valence-corrected chi connectivity index (χ4v) is 3.26. The van der Waals surface area contributed by atoms with Crippen LogP contribution in [-0.2, 0) is 11.3 Å². The van der Waals surface area contributed by atoms with Crippen LogP contribution in [0, 0.1) is 18.3 Å². The second-order valence-corrected chi connectivity index (χ2v) is 6.94. The number of hydrogen-bond donors (Lipinski definition) is 2. The van der Waals surface area contributed by atoms with Gasteiger partial charge in [-0.3, -0.25) is 5.41 Å². The summed E-state index contributed by atoms with van der Waals surface area (Å²) in [6.07, 6.45) is 7.81. The number of aromatic nitrogens is 4. The van der Waals surface area contributed by atoms with Crippen molar-refractivity contribution in [2.75, 3.05) is 6.61 Å². The van der Waals surface area contributed by atoms with Gasteiger partial charge in [0, 0.05) is 12.5 Å². The fourth-order valence-electron chi connectivity index (χ4n) is 3.26. The molecule has 2 N–H and O–H groups in total. The smallest absolute Gasteiger partial charge is 0.343 e. The number of H-pyrrole nitrogens is 1. The van der Waals surface area contributed by atoms with Gasteiger partial charge in [0.1, 0.15) is 17.9 Å². The van der Waals surface area contributed by atoms with E-state index in [0.717, 1.165) is 17.8 Å². The third-order valence-electron chi connectivity index (χ3n) is 4.75. The molecular formula is C20H21N5O3. The maximum Gasteiger partial charge on any atom is 0.343 e. The summed E-state index contributed by atoms with van der Waals surface area (Å²) < 4.78 is 13.0. The van der Waals surface area contributed by atoms with Crippen LogP contribution in [0.3, 0.4) is 0 Å². The molecule has 0 fully saturated rings. The number of aromatic amines is 1. The molecule has 1 aliphatic rings. The average Bonchev–Trinajstić information content (AvgIpc) is 3.18. The Bertz CT molecular complexity index is 1200. The van der Waals surface area contributed by atoms with Gasteiger partial charge in [-0.05, 0) is 43.2 Å². The first-order chi connectivity index (χ1) is 13.5. The normalized spacial score (nSPS) is 16.8. The molecule has 0 bridgehead atoms. The Kier molecular flexibility index (Phi) is 4.68. The molecule has 0 spiro atoms. The third kappa shape index (κ3) is 3.53. The summed E-state index contributed by atoms with van der Waals surface area (Å²) in [7, 11) is 0. The van der Waals surface area contributed by atoms with Crippen LogP contribution in [0.15, 0.2) is 51.4 Å². The Balaban J connectivity index is 1.49. The predicted octanol–water partition coefficient (Wildman–Crippen LogP) is 2.52. The number of ether oxygens (including phenoxy) is 1. The second kappa shape index (κ2) is 7.30. The van der Waals surface area contributed by atoms with E-state index in [9.17, 15) is 4.79 Å². The molecule has 4 heterocycles. The summed E-state index contributed by atoms with van der Waals surface area (Å²) in [4.78, 5) is 23.2. The predicted molar refractivity (Wildman–Crippen MR) is 103 cm³/mol. The van der Waals surface area contributed by atoms with Crippen molar-refractivity contribution in [3.8, 4) is 0 Å². The van der Waals surface area contributed by atoms with Crippen molar-refractivity contribution in [2.45, 2.75) is 26.8 Å². The quantitative estimate of drug-likeness (QED) is 0.724. The topological polar surface area (TPSA) is 110 Å². The molecule has 1 atom stereocenters. The lowest BCUT2D eigenvalue weighted by Gasteiger charge is -2.23. The number of imidazole rings is 1. The van der Waals surface area contributed by atoms with E-state index in [-0.39, 0.29) is 17.0 Å². The number of hydrogen-bond acceptors (Lipinski definition) is 6. The summed E-state index contributed by atoms with van der Waals surface area (Å²) in [6.45, 7) is 4.91. The van der Waals surface area contributed by atoms with E-state index in [1.807, 2.05) is 16.7 Å². The highest BCUT2D eigenvalue weighted by Crippen LogP contribution is 2.24. The van der Waals surface area contributed by atoms with E-state index < -0.39 is 0 Å². The minimum atomic E-state index is -0.333. The molecule has 3 aromatic rings. The third-order valence-corrected chi connectivity index (χ3v) is 4.75. The average molecular weight is 379 g/mol. The van der Waals surface area contributed by atoms with Crippen molar-refractivity contribution < 1.29 is 9.15 Å². The zero-order chi connectivity index (χ0) is 19.7. The summed E-state index contributed by atoms with van der Waals surface area (Å²) in [5.74, 6) is 1.62. The Hall–Kier alpha value is -3.42. The lowest BCUT2D eigenvalue weighted by Crippen LogP contribution is -2.19. The van der Waals surface area contributed by atoms with Crippen LogP contribution in [0.5, 0.6) is 0 Å². The number of nitrogens with zero attached hydrogens (tertiary/aromatic N) is 3. The van der Waals surface area contributed by atoms with Crippen LogP contribution in [0.4, 0.5) is 0 Å². The SMILES string of the molecule is Cc1ccc(C=C2CC=C([C@H](C)Cn3cnc(=N)c4[nH]cnc43)OC2)c(=O)o1. The zero-order valence-corrected chi connectivity index (χ0v) is 15.7. The molecule has 8 nitrogen and oxygen atoms in total. The Morgan fingerprint density at radius 3 is 3.00 bits per heavy atom. The largest absolute Gasteiger partial charge is 0.494 e. The van der Waals surface area contributed by atoms with Crippen molar-refractivity contribution in [2.24, 2.45) is 5.92 Å². The van der Waals surface area contributed by atoms with Crippen LogP contribution >= 0.6 is 0 Å². The first kappa shape index (κ1) is 18.0. The van der Waals surface area contributed by atoms with Gasteiger partial charge in [-0.25, -0.2) is 14.8 Å². The second-order valence-electron chi connectivity index (χ2n) is 6.94. The molecule has 0 aromatic carbocycles. The summed E-state index contributed by atoms with van der Waals surface area (Å²) >= 11 is 0. The summed E-state index contributed by atoms with van der Waals surface area (Å²) in [5.41, 5.74) is 2.73. The van der Waals surface area contributed by atoms with E-state index in [1.165, 1.54) is 0 Å². The molecule has 0 saturated carbocycles.